The molecule has 2 rings (SSSR count). The molecule has 0 saturated carbocycles. The average molecular weight is 248 g/mol. The number of amides is 1. The van der Waals surface area contributed by atoms with Crippen molar-refractivity contribution in [1.82, 2.24) is 5.32 Å². The molecule has 1 atom stereocenters. The summed E-state index contributed by atoms with van der Waals surface area (Å²) < 4.78 is 5.91. The molecular formula is C14H20N2O2. The Morgan fingerprint density at radius 1 is 1.44 bits per heavy atom. The van der Waals surface area contributed by atoms with E-state index in [4.69, 9.17) is 4.74 Å². The Kier molecular flexibility index (Phi) is 3.30. The monoisotopic (exact) mass is 248 g/mol. The molecule has 1 amide bonds. The second-order valence-electron chi connectivity index (χ2n) is 5.18. The second kappa shape index (κ2) is 4.61. The van der Waals surface area contributed by atoms with E-state index < -0.39 is 0 Å². The summed E-state index contributed by atoms with van der Waals surface area (Å²) in [5.74, 6) is 0.775. The average Bonchev–Trinajstić information content (AvgIpc) is 2.63. The SMILES string of the molecule is CCC(C)(C)Oc1ccc2c(c1)NC(=O)C2NC. The fourth-order valence-electron chi connectivity index (χ4n) is 1.98. The summed E-state index contributed by atoms with van der Waals surface area (Å²) in [6.07, 6.45) is 0.926. The van der Waals surface area contributed by atoms with Crippen LogP contribution in [0, 0.1) is 0 Å². The van der Waals surface area contributed by atoms with Gasteiger partial charge in [-0.25, -0.2) is 0 Å². The lowest BCUT2D eigenvalue weighted by Crippen LogP contribution is -2.26. The maximum absolute atomic E-state index is 11.7. The van der Waals surface area contributed by atoms with Crippen LogP contribution in [0.5, 0.6) is 5.75 Å². The Morgan fingerprint density at radius 2 is 2.17 bits per heavy atom. The zero-order chi connectivity index (χ0) is 13.3. The fraction of sp³-hybridized carbons (Fsp3) is 0.500. The molecule has 1 aromatic carbocycles. The van der Waals surface area contributed by atoms with Crippen LogP contribution in [0.3, 0.4) is 0 Å². The molecule has 1 unspecified atom stereocenters. The Balaban J connectivity index is 2.25. The van der Waals surface area contributed by atoms with Crippen molar-refractivity contribution >= 4 is 11.6 Å². The summed E-state index contributed by atoms with van der Waals surface area (Å²) >= 11 is 0. The van der Waals surface area contributed by atoms with Crippen LogP contribution in [-0.2, 0) is 4.79 Å². The molecule has 4 heteroatoms. The third-order valence-corrected chi connectivity index (χ3v) is 3.39. The first-order valence-corrected chi connectivity index (χ1v) is 6.28. The van der Waals surface area contributed by atoms with Crippen molar-refractivity contribution < 1.29 is 9.53 Å². The van der Waals surface area contributed by atoms with Gasteiger partial charge in [-0.1, -0.05) is 13.0 Å². The normalized spacial score (nSPS) is 18.4. The highest BCUT2D eigenvalue weighted by atomic mass is 16.5. The molecule has 1 heterocycles. The summed E-state index contributed by atoms with van der Waals surface area (Å²) in [6.45, 7) is 6.19. The van der Waals surface area contributed by atoms with Gasteiger partial charge in [0.1, 0.15) is 17.4 Å². The number of hydrogen-bond donors (Lipinski definition) is 2. The predicted octanol–water partition coefficient (Wildman–Crippen LogP) is 2.47. The van der Waals surface area contributed by atoms with Crippen LogP contribution in [-0.4, -0.2) is 18.6 Å². The molecule has 1 aromatic rings. The predicted molar refractivity (Wildman–Crippen MR) is 71.9 cm³/mol. The maximum atomic E-state index is 11.7. The van der Waals surface area contributed by atoms with E-state index in [0.29, 0.717) is 0 Å². The molecule has 0 radical (unpaired) electrons. The van der Waals surface area contributed by atoms with Gasteiger partial charge in [0.05, 0.1) is 0 Å². The molecule has 1 aliphatic heterocycles. The number of benzene rings is 1. The summed E-state index contributed by atoms with van der Waals surface area (Å²) in [5.41, 5.74) is 1.62. The van der Waals surface area contributed by atoms with Crippen LogP contribution in [0.1, 0.15) is 38.8 Å². The third kappa shape index (κ3) is 2.34. The molecule has 0 aromatic heterocycles. The smallest absolute Gasteiger partial charge is 0.246 e. The zero-order valence-corrected chi connectivity index (χ0v) is 11.3. The van der Waals surface area contributed by atoms with Crippen molar-refractivity contribution in [3.05, 3.63) is 23.8 Å². The van der Waals surface area contributed by atoms with E-state index in [9.17, 15) is 4.79 Å². The first kappa shape index (κ1) is 12.9. The minimum Gasteiger partial charge on any atom is -0.488 e. The van der Waals surface area contributed by atoms with E-state index >= 15 is 0 Å². The number of fused-ring (bicyclic) bond motifs is 1. The van der Waals surface area contributed by atoms with Gasteiger partial charge in [0.25, 0.3) is 0 Å². The number of carbonyl (C=O) groups is 1. The molecule has 0 bridgehead atoms. The highest BCUT2D eigenvalue weighted by Crippen LogP contribution is 2.34. The van der Waals surface area contributed by atoms with Crippen LogP contribution in [0.15, 0.2) is 18.2 Å². The van der Waals surface area contributed by atoms with Crippen molar-refractivity contribution in [2.24, 2.45) is 0 Å². The fourth-order valence-corrected chi connectivity index (χ4v) is 1.98. The number of anilines is 1. The van der Waals surface area contributed by atoms with Gasteiger partial charge in [-0.3, -0.25) is 4.79 Å². The molecule has 2 N–H and O–H groups in total. The summed E-state index contributed by atoms with van der Waals surface area (Å²) in [7, 11) is 1.78. The number of carbonyl (C=O) groups excluding carboxylic acids is 1. The van der Waals surface area contributed by atoms with Crippen LogP contribution in [0.25, 0.3) is 0 Å². The van der Waals surface area contributed by atoms with E-state index in [0.717, 1.165) is 23.4 Å². The van der Waals surface area contributed by atoms with Crippen LogP contribution in [0.2, 0.25) is 0 Å². The summed E-state index contributed by atoms with van der Waals surface area (Å²) in [6, 6.07) is 5.49. The van der Waals surface area contributed by atoms with E-state index in [1.165, 1.54) is 0 Å². The number of rotatable bonds is 4. The number of nitrogens with one attached hydrogen (secondary N) is 2. The van der Waals surface area contributed by atoms with Gasteiger partial charge in [0, 0.05) is 17.3 Å². The molecule has 1 aliphatic rings. The Labute approximate surface area is 108 Å². The lowest BCUT2D eigenvalue weighted by Gasteiger charge is -2.25. The molecular weight excluding hydrogens is 228 g/mol. The molecule has 4 nitrogen and oxygen atoms in total. The molecule has 98 valence electrons. The Bertz CT molecular complexity index is 469. The van der Waals surface area contributed by atoms with Gasteiger partial charge < -0.3 is 15.4 Å². The van der Waals surface area contributed by atoms with E-state index in [-0.39, 0.29) is 17.6 Å². The van der Waals surface area contributed by atoms with Crippen LogP contribution in [0.4, 0.5) is 5.69 Å². The van der Waals surface area contributed by atoms with Crippen molar-refractivity contribution in [3.63, 3.8) is 0 Å². The van der Waals surface area contributed by atoms with Crippen LogP contribution >= 0.6 is 0 Å². The first-order chi connectivity index (χ1) is 8.46. The number of hydrogen-bond acceptors (Lipinski definition) is 3. The largest absolute Gasteiger partial charge is 0.488 e. The molecule has 0 saturated heterocycles. The summed E-state index contributed by atoms with van der Waals surface area (Å²) in [4.78, 5) is 11.7. The van der Waals surface area contributed by atoms with Gasteiger partial charge in [-0.2, -0.15) is 0 Å². The number of likely N-dealkylation sites (N-methyl/N-ethyl adjacent to an activating group) is 1. The van der Waals surface area contributed by atoms with Gasteiger partial charge in [0.15, 0.2) is 0 Å². The Hall–Kier alpha value is -1.55. The lowest BCUT2D eigenvalue weighted by atomic mass is 10.1. The van der Waals surface area contributed by atoms with Crippen molar-refractivity contribution in [1.29, 1.82) is 0 Å². The minimum absolute atomic E-state index is 0.0144. The van der Waals surface area contributed by atoms with Crippen molar-refractivity contribution in [2.75, 3.05) is 12.4 Å². The van der Waals surface area contributed by atoms with Gasteiger partial charge in [0.2, 0.25) is 5.91 Å². The molecule has 0 spiro atoms. The third-order valence-electron chi connectivity index (χ3n) is 3.39. The minimum atomic E-state index is -0.256. The van der Waals surface area contributed by atoms with Crippen molar-refractivity contribution in [2.45, 2.75) is 38.8 Å². The molecule has 0 fully saturated rings. The highest BCUT2D eigenvalue weighted by molar-refractivity contribution is 6.02. The topological polar surface area (TPSA) is 50.4 Å². The highest BCUT2D eigenvalue weighted by Gasteiger charge is 2.29. The lowest BCUT2D eigenvalue weighted by molar-refractivity contribution is -0.117. The summed E-state index contributed by atoms with van der Waals surface area (Å²) in [5, 5.41) is 5.86. The second-order valence-corrected chi connectivity index (χ2v) is 5.18. The van der Waals surface area contributed by atoms with Gasteiger partial charge >= 0.3 is 0 Å². The van der Waals surface area contributed by atoms with Crippen LogP contribution < -0.4 is 15.4 Å². The van der Waals surface area contributed by atoms with Crippen molar-refractivity contribution in [3.8, 4) is 5.75 Å². The van der Waals surface area contributed by atoms with E-state index in [1.54, 1.807) is 7.05 Å². The molecule has 18 heavy (non-hydrogen) atoms. The standard InChI is InChI=1S/C14H20N2O2/c1-5-14(2,3)18-9-6-7-10-11(8-9)16-13(17)12(10)15-4/h6-8,12,15H,5H2,1-4H3,(H,16,17). The van der Waals surface area contributed by atoms with Gasteiger partial charge in [-0.15, -0.1) is 0 Å². The van der Waals surface area contributed by atoms with Gasteiger partial charge in [-0.05, 0) is 33.4 Å². The van der Waals surface area contributed by atoms with E-state index in [1.807, 2.05) is 18.2 Å². The molecule has 0 aliphatic carbocycles. The van der Waals surface area contributed by atoms with E-state index in [2.05, 4.69) is 31.4 Å². The zero-order valence-electron chi connectivity index (χ0n) is 11.3. The maximum Gasteiger partial charge on any atom is 0.246 e. The number of ether oxygens (including phenoxy) is 1. The quantitative estimate of drug-likeness (QED) is 0.860. The first-order valence-electron chi connectivity index (χ1n) is 6.28. The Morgan fingerprint density at radius 3 is 2.78 bits per heavy atom.